The van der Waals surface area contributed by atoms with Crippen molar-refractivity contribution in [2.75, 3.05) is 13.2 Å². The molecule has 1 heterocycles. The van der Waals surface area contributed by atoms with Crippen LogP contribution in [-0.2, 0) is 23.8 Å². The highest BCUT2D eigenvalue weighted by Gasteiger charge is 2.47. The SMILES string of the molecule is CC/C=C\C/C=C\C/C=C\C/C=C\C/C=C\C/C=C\CCCCCCCCCC(O)C(=O)NC(COC1OC(CO)C(O)C(O)C1OC(=O)CCCCCCCCCCCCCCCCCCCCCCC)C(O)/C=C/CCCCCCCCCCCCC. The minimum absolute atomic E-state index is 0.124. The van der Waals surface area contributed by atoms with E-state index in [4.69, 9.17) is 14.2 Å². The second kappa shape index (κ2) is 64.9. The number of amides is 1. The molecule has 1 aliphatic heterocycles. The van der Waals surface area contributed by atoms with Crippen LogP contribution in [0.3, 0.4) is 0 Å². The molecule has 0 aromatic rings. The van der Waals surface area contributed by atoms with Gasteiger partial charge >= 0.3 is 5.97 Å². The summed E-state index contributed by atoms with van der Waals surface area (Å²) in [6, 6.07) is -1.03. The first-order chi connectivity index (χ1) is 43.7. The summed E-state index contributed by atoms with van der Waals surface area (Å²) >= 11 is 0. The van der Waals surface area contributed by atoms with Crippen LogP contribution in [0.5, 0.6) is 0 Å². The normalized spacial score (nSPS) is 18.6. The maximum atomic E-state index is 13.5. The topological polar surface area (TPSA) is 175 Å². The van der Waals surface area contributed by atoms with Gasteiger partial charge in [-0.25, -0.2) is 0 Å². The van der Waals surface area contributed by atoms with Gasteiger partial charge < -0.3 is 45.1 Å². The first-order valence-corrected chi connectivity index (χ1v) is 37.4. The van der Waals surface area contributed by atoms with Gasteiger partial charge in [-0.05, 0) is 77.0 Å². The molecule has 0 saturated carbocycles. The Labute approximate surface area is 546 Å². The number of aliphatic hydroxyl groups excluding tert-OH is 5. The van der Waals surface area contributed by atoms with Crippen molar-refractivity contribution in [3.05, 3.63) is 85.1 Å². The van der Waals surface area contributed by atoms with Crippen LogP contribution in [0.2, 0.25) is 0 Å². The standard InChI is InChI=1S/C78H139NO10/c1-4-7-10-13-16-19-22-25-27-29-31-33-34-35-36-37-39-40-42-44-47-50-53-56-59-62-65-71(82)77(86)79-69(70(81)64-61-58-55-52-49-46-24-21-18-15-12-9-6-3)68-87-78-76(75(85)74(84)72(67-80)88-78)89-73(83)66-63-60-57-54-51-48-45-43-41-38-32-30-28-26-23-20-17-14-11-8-5-2/h7,10,16,19,25,27,31,33,35-36,39-40,61,64,69-72,74-76,78,80-82,84-85H,4-6,8-9,11-15,17-18,20-24,26,28-30,32,34,37-38,41-60,62-63,65-68H2,1-3H3,(H,79,86)/b10-7-,19-16-,27-25-,33-31-,36-35-,40-39-,64-61+. The molecule has 0 radical (unpaired) electrons. The van der Waals surface area contributed by atoms with Crippen molar-refractivity contribution < 1.29 is 49.3 Å². The van der Waals surface area contributed by atoms with E-state index in [-0.39, 0.29) is 19.4 Å². The number of aliphatic hydroxyl groups is 5. The Balaban J connectivity index is 2.57. The molecule has 516 valence electrons. The third-order valence-corrected chi connectivity index (χ3v) is 17.3. The molecule has 0 aromatic heterocycles. The molecule has 1 rings (SSSR count). The molecule has 0 spiro atoms. The summed E-state index contributed by atoms with van der Waals surface area (Å²) in [5.74, 6) is -1.19. The highest BCUT2D eigenvalue weighted by Crippen LogP contribution is 2.26. The predicted molar refractivity (Wildman–Crippen MR) is 375 cm³/mol. The van der Waals surface area contributed by atoms with E-state index < -0.39 is 67.4 Å². The van der Waals surface area contributed by atoms with Gasteiger partial charge in [-0.15, -0.1) is 0 Å². The number of hydrogen-bond donors (Lipinski definition) is 6. The summed E-state index contributed by atoms with van der Waals surface area (Å²) in [6.45, 7) is 5.72. The van der Waals surface area contributed by atoms with Crippen LogP contribution in [0.1, 0.15) is 335 Å². The molecule has 1 amide bonds. The second-order valence-electron chi connectivity index (χ2n) is 25.7. The lowest BCUT2D eigenvalue weighted by Crippen LogP contribution is -2.61. The van der Waals surface area contributed by atoms with E-state index in [0.29, 0.717) is 12.8 Å². The van der Waals surface area contributed by atoms with E-state index in [0.717, 1.165) is 116 Å². The zero-order valence-electron chi connectivity index (χ0n) is 57.5. The lowest BCUT2D eigenvalue weighted by molar-refractivity contribution is -0.305. The summed E-state index contributed by atoms with van der Waals surface area (Å²) in [5.41, 5.74) is 0. The molecule has 0 aliphatic carbocycles. The van der Waals surface area contributed by atoms with E-state index >= 15 is 0 Å². The Morgan fingerprint density at radius 1 is 0.449 bits per heavy atom. The van der Waals surface area contributed by atoms with Gasteiger partial charge in [-0.3, -0.25) is 9.59 Å². The molecule has 11 heteroatoms. The first-order valence-electron chi connectivity index (χ1n) is 37.4. The molecule has 1 aliphatic rings. The monoisotopic (exact) mass is 1250 g/mol. The number of rotatable bonds is 64. The smallest absolute Gasteiger partial charge is 0.306 e. The molecule has 8 atom stereocenters. The molecular formula is C78H139NO10. The van der Waals surface area contributed by atoms with Crippen LogP contribution in [0.4, 0.5) is 0 Å². The lowest BCUT2D eigenvalue weighted by atomic mass is 9.99. The van der Waals surface area contributed by atoms with Crippen molar-refractivity contribution >= 4 is 11.9 Å². The highest BCUT2D eigenvalue weighted by atomic mass is 16.7. The quantitative estimate of drug-likeness (QED) is 0.0195. The number of allylic oxidation sites excluding steroid dienone is 13. The molecule has 0 bridgehead atoms. The highest BCUT2D eigenvalue weighted by molar-refractivity contribution is 5.80. The lowest BCUT2D eigenvalue weighted by Gasteiger charge is -2.41. The van der Waals surface area contributed by atoms with Crippen LogP contribution in [0, 0.1) is 0 Å². The van der Waals surface area contributed by atoms with E-state index in [9.17, 15) is 35.1 Å². The zero-order chi connectivity index (χ0) is 64.6. The zero-order valence-corrected chi connectivity index (χ0v) is 57.5. The first kappa shape index (κ1) is 83.9. The van der Waals surface area contributed by atoms with Crippen molar-refractivity contribution in [2.24, 2.45) is 0 Å². The number of nitrogens with one attached hydrogen (secondary N) is 1. The van der Waals surface area contributed by atoms with E-state index in [1.54, 1.807) is 6.08 Å². The maximum absolute atomic E-state index is 13.5. The van der Waals surface area contributed by atoms with E-state index in [1.807, 2.05) is 6.08 Å². The van der Waals surface area contributed by atoms with Crippen LogP contribution < -0.4 is 5.32 Å². The number of carbonyl (C=O) groups is 2. The number of unbranched alkanes of at least 4 members (excludes halogenated alkanes) is 38. The number of carbonyl (C=O) groups excluding carboxylic acids is 2. The van der Waals surface area contributed by atoms with E-state index in [1.165, 1.54) is 173 Å². The third-order valence-electron chi connectivity index (χ3n) is 17.3. The number of hydrogen-bond acceptors (Lipinski definition) is 10. The maximum Gasteiger partial charge on any atom is 0.306 e. The van der Waals surface area contributed by atoms with Gasteiger partial charge in [0, 0.05) is 6.42 Å². The largest absolute Gasteiger partial charge is 0.454 e. The minimum Gasteiger partial charge on any atom is -0.454 e. The molecule has 11 nitrogen and oxygen atoms in total. The molecule has 8 unspecified atom stereocenters. The van der Waals surface area contributed by atoms with Crippen LogP contribution in [0.25, 0.3) is 0 Å². The van der Waals surface area contributed by atoms with Crippen molar-refractivity contribution in [3.63, 3.8) is 0 Å². The molecule has 0 aromatic carbocycles. The molecular weight excluding hydrogens is 1110 g/mol. The van der Waals surface area contributed by atoms with Gasteiger partial charge in [0.25, 0.3) is 0 Å². The molecule has 1 saturated heterocycles. The molecule has 1 fully saturated rings. The van der Waals surface area contributed by atoms with Crippen LogP contribution in [-0.4, -0.2) is 99.6 Å². The Hall–Kier alpha value is -3.16. The molecule has 6 N–H and O–H groups in total. The summed E-state index contributed by atoms with van der Waals surface area (Å²) < 4.78 is 17.7. The predicted octanol–water partition coefficient (Wildman–Crippen LogP) is 19.6. The van der Waals surface area contributed by atoms with Crippen molar-refractivity contribution in [3.8, 4) is 0 Å². The fraction of sp³-hybridized carbons (Fsp3) is 0.795. The second-order valence-corrected chi connectivity index (χ2v) is 25.7. The van der Waals surface area contributed by atoms with Crippen molar-refractivity contribution in [2.45, 2.75) is 384 Å². The fourth-order valence-electron chi connectivity index (χ4n) is 11.5. The summed E-state index contributed by atoms with van der Waals surface area (Å²) in [6.07, 6.45) is 76.2. The van der Waals surface area contributed by atoms with E-state index in [2.05, 4.69) is 99.0 Å². The average molecular weight is 1250 g/mol. The number of ether oxygens (including phenoxy) is 3. The Kier molecular flexibility index (Phi) is 61.2. The van der Waals surface area contributed by atoms with Gasteiger partial charge in [-0.1, -0.05) is 337 Å². The third kappa shape index (κ3) is 52.0. The van der Waals surface area contributed by atoms with Gasteiger partial charge in [-0.2, -0.15) is 0 Å². The Morgan fingerprint density at radius 3 is 1.21 bits per heavy atom. The summed E-state index contributed by atoms with van der Waals surface area (Å²) in [4.78, 5) is 26.7. The van der Waals surface area contributed by atoms with Crippen molar-refractivity contribution in [1.29, 1.82) is 0 Å². The van der Waals surface area contributed by atoms with Gasteiger partial charge in [0.15, 0.2) is 12.4 Å². The van der Waals surface area contributed by atoms with Crippen LogP contribution >= 0.6 is 0 Å². The minimum atomic E-state index is -1.62. The summed E-state index contributed by atoms with van der Waals surface area (Å²) in [7, 11) is 0. The molecule has 89 heavy (non-hydrogen) atoms. The Morgan fingerprint density at radius 2 is 0.809 bits per heavy atom. The van der Waals surface area contributed by atoms with Gasteiger partial charge in [0.1, 0.15) is 24.4 Å². The Bertz CT molecular complexity index is 1780. The van der Waals surface area contributed by atoms with Crippen LogP contribution in [0.15, 0.2) is 85.1 Å². The fourth-order valence-corrected chi connectivity index (χ4v) is 11.5. The van der Waals surface area contributed by atoms with Gasteiger partial charge in [0.2, 0.25) is 5.91 Å². The average Bonchev–Trinajstić information content (AvgIpc) is 3.11. The number of esters is 1. The van der Waals surface area contributed by atoms with Crippen molar-refractivity contribution in [1.82, 2.24) is 5.32 Å². The summed E-state index contributed by atoms with van der Waals surface area (Å²) in [5, 5.41) is 57.4. The van der Waals surface area contributed by atoms with Gasteiger partial charge in [0.05, 0.1) is 25.4 Å².